The van der Waals surface area contributed by atoms with Gasteiger partial charge in [0.1, 0.15) is 0 Å². The van der Waals surface area contributed by atoms with Crippen LogP contribution in [0.3, 0.4) is 0 Å². The van der Waals surface area contributed by atoms with Crippen LogP contribution < -0.4 is 5.30 Å². The molecule has 0 heterocycles. The van der Waals surface area contributed by atoms with E-state index in [4.69, 9.17) is 4.52 Å². The van der Waals surface area contributed by atoms with Crippen molar-refractivity contribution in [3.8, 4) is 0 Å². The lowest BCUT2D eigenvalue weighted by Gasteiger charge is -2.03. The van der Waals surface area contributed by atoms with Crippen molar-refractivity contribution in [2.24, 2.45) is 0 Å². The van der Waals surface area contributed by atoms with Crippen molar-refractivity contribution in [1.29, 1.82) is 0 Å². The van der Waals surface area contributed by atoms with Gasteiger partial charge in [0.05, 0.1) is 6.61 Å². The zero-order valence-corrected chi connectivity index (χ0v) is 9.61. The molecule has 0 saturated carbocycles. The number of benzene rings is 1. The zero-order valence-electron chi connectivity index (χ0n) is 8.61. The smallest absolute Gasteiger partial charge is 0.220 e. The molecule has 1 unspecified atom stereocenters. The quantitative estimate of drug-likeness (QED) is 0.546. The molecule has 3 heteroatoms. The largest absolute Gasteiger partial charge is 0.323 e. The summed E-state index contributed by atoms with van der Waals surface area (Å²) in [6.45, 7) is 7.49. The van der Waals surface area contributed by atoms with Gasteiger partial charge in [-0.1, -0.05) is 24.3 Å². The van der Waals surface area contributed by atoms with Gasteiger partial charge in [-0.25, -0.2) is 0 Å². The average Bonchev–Trinajstić information content (AvgIpc) is 2.27. The summed E-state index contributed by atoms with van der Waals surface area (Å²) < 4.78 is 16.7. The van der Waals surface area contributed by atoms with Crippen LogP contribution in [-0.4, -0.2) is 6.61 Å². The summed E-state index contributed by atoms with van der Waals surface area (Å²) in [6.07, 6.45) is 4.26. The van der Waals surface area contributed by atoms with Crippen LogP contribution in [0, 0.1) is 0 Å². The molecular formula is C12H15O2P. The van der Waals surface area contributed by atoms with Crippen molar-refractivity contribution in [2.45, 2.75) is 6.42 Å². The van der Waals surface area contributed by atoms with Crippen molar-refractivity contribution >= 4 is 13.3 Å². The monoisotopic (exact) mass is 222 g/mol. The molecule has 0 N–H and O–H groups in total. The summed E-state index contributed by atoms with van der Waals surface area (Å²) in [5.74, 6) is 0. The molecule has 1 aromatic rings. The molecule has 1 atom stereocenters. The third-order valence-electron chi connectivity index (χ3n) is 1.90. The van der Waals surface area contributed by atoms with E-state index in [0.717, 1.165) is 17.3 Å². The normalized spacial score (nSPS) is 12.0. The highest BCUT2D eigenvalue weighted by Gasteiger charge is 2.02. The predicted molar refractivity (Wildman–Crippen MR) is 65.1 cm³/mol. The highest BCUT2D eigenvalue weighted by molar-refractivity contribution is 7.48. The fourth-order valence-electron chi connectivity index (χ4n) is 1.16. The lowest BCUT2D eigenvalue weighted by atomic mass is 10.2. The Kier molecular flexibility index (Phi) is 5.09. The Morgan fingerprint density at radius 1 is 1.20 bits per heavy atom. The van der Waals surface area contributed by atoms with Crippen molar-refractivity contribution in [1.82, 2.24) is 0 Å². The van der Waals surface area contributed by atoms with Crippen LogP contribution in [0.1, 0.15) is 5.56 Å². The standard InChI is InChI=1S/C12H15O2P/c1-3-5-11-6-8-12(9-7-11)15(13)14-10-4-2/h3-4,6-9,15H,1-2,5,10H2. The molecule has 0 aromatic heterocycles. The summed E-state index contributed by atoms with van der Waals surface area (Å²) in [5, 5.41) is 0.745. The molecule has 0 aliphatic rings. The fraction of sp³-hybridized carbons (Fsp3) is 0.167. The molecule has 0 saturated heterocycles. The van der Waals surface area contributed by atoms with Gasteiger partial charge >= 0.3 is 0 Å². The van der Waals surface area contributed by atoms with E-state index >= 15 is 0 Å². The Morgan fingerprint density at radius 3 is 2.40 bits per heavy atom. The highest BCUT2D eigenvalue weighted by Crippen LogP contribution is 2.21. The Labute approximate surface area is 91.1 Å². The van der Waals surface area contributed by atoms with Crippen LogP contribution in [0.5, 0.6) is 0 Å². The number of rotatable bonds is 6. The molecule has 0 radical (unpaired) electrons. The van der Waals surface area contributed by atoms with Crippen molar-refractivity contribution in [3.05, 3.63) is 55.1 Å². The zero-order chi connectivity index (χ0) is 11.1. The van der Waals surface area contributed by atoms with Crippen LogP contribution in [0.15, 0.2) is 49.6 Å². The SMILES string of the molecule is C=CCO[PH](=O)c1ccc(CC=C)cc1. The van der Waals surface area contributed by atoms with Gasteiger partial charge in [0.2, 0.25) is 8.03 Å². The van der Waals surface area contributed by atoms with Gasteiger partial charge in [0.25, 0.3) is 0 Å². The Hall–Kier alpha value is -1.11. The number of hydrogen-bond acceptors (Lipinski definition) is 2. The van der Waals surface area contributed by atoms with Gasteiger partial charge in [-0.2, -0.15) is 0 Å². The van der Waals surface area contributed by atoms with Crippen molar-refractivity contribution < 1.29 is 9.09 Å². The lowest BCUT2D eigenvalue weighted by molar-refractivity contribution is 0.378. The van der Waals surface area contributed by atoms with E-state index in [1.54, 1.807) is 6.08 Å². The van der Waals surface area contributed by atoms with Gasteiger partial charge in [0.15, 0.2) is 0 Å². The maximum absolute atomic E-state index is 11.6. The molecule has 0 fully saturated rings. The third kappa shape index (κ3) is 3.86. The second-order valence-corrected chi connectivity index (χ2v) is 4.52. The van der Waals surface area contributed by atoms with Crippen LogP contribution in [-0.2, 0) is 15.5 Å². The number of allylic oxidation sites excluding steroid dienone is 1. The average molecular weight is 222 g/mol. The maximum atomic E-state index is 11.6. The Balaban J connectivity index is 2.66. The molecule has 80 valence electrons. The molecular weight excluding hydrogens is 207 g/mol. The molecule has 0 amide bonds. The third-order valence-corrected chi connectivity index (χ3v) is 3.14. The van der Waals surface area contributed by atoms with Crippen LogP contribution in [0.2, 0.25) is 0 Å². The molecule has 0 bridgehead atoms. The second-order valence-electron chi connectivity index (χ2n) is 3.08. The van der Waals surface area contributed by atoms with Gasteiger partial charge in [0, 0.05) is 5.30 Å². The molecule has 1 aromatic carbocycles. The van der Waals surface area contributed by atoms with Crippen LogP contribution >= 0.6 is 8.03 Å². The first-order chi connectivity index (χ1) is 7.27. The van der Waals surface area contributed by atoms with Gasteiger partial charge in [-0.15, -0.1) is 13.2 Å². The molecule has 0 aliphatic carbocycles. The van der Waals surface area contributed by atoms with Crippen molar-refractivity contribution in [2.75, 3.05) is 6.61 Å². The van der Waals surface area contributed by atoms with E-state index in [-0.39, 0.29) is 0 Å². The summed E-state index contributed by atoms with van der Waals surface area (Å²) in [5.41, 5.74) is 1.16. The van der Waals surface area contributed by atoms with Gasteiger partial charge < -0.3 is 4.52 Å². The van der Waals surface area contributed by atoms with E-state index in [9.17, 15) is 4.57 Å². The van der Waals surface area contributed by atoms with Gasteiger partial charge in [-0.05, 0) is 24.1 Å². The van der Waals surface area contributed by atoms with E-state index in [0.29, 0.717) is 6.61 Å². The first-order valence-corrected chi connectivity index (χ1v) is 6.07. The lowest BCUT2D eigenvalue weighted by Crippen LogP contribution is -1.98. The minimum absolute atomic E-state index is 0.326. The minimum Gasteiger partial charge on any atom is -0.323 e. The maximum Gasteiger partial charge on any atom is 0.220 e. The fourth-order valence-corrected chi connectivity index (χ4v) is 2.04. The van der Waals surface area contributed by atoms with E-state index in [1.807, 2.05) is 30.3 Å². The summed E-state index contributed by atoms with van der Waals surface area (Å²) in [4.78, 5) is 0. The highest BCUT2D eigenvalue weighted by atomic mass is 31.1. The van der Waals surface area contributed by atoms with Crippen LogP contribution in [0.4, 0.5) is 0 Å². The summed E-state index contributed by atoms with van der Waals surface area (Å²) in [6, 6.07) is 7.56. The molecule has 15 heavy (non-hydrogen) atoms. The van der Waals surface area contributed by atoms with E-state index in [2.05, 4.69) is 13.2 Å². The van der Waals surface area contributed by atoms with Crippen molar-refractivity contribution in [3.63, 3.8) is 0 Å². The molecule has 2 nitrogen and oxygen atoms in total. The minimum atomic E-state index is -2.11. The first kappa shape index (κ1) is 12.0. The summed E-state index contributed by atoms with van der Waals surface area (Å²) >= 11 is 0. The second kappa shape index (κ2) is 6.39. The predicted octanol–water partition coefficient (Wildman–Crippen LogP) is 2.72. The Bertz CT molecular complexity index is 354. The summed E-state index contributed by atoms with van der Waals surface area (Å²) in [7, 11) is -2.11. The van der Waals surface area contributed by atoms with E-state index < -0.39 is 8.03 Å². The first-order valence-electron chi connectivity index (χ1n) is 4.75. The van der Waals surface area contributed by atoms with Gasteiger partial charge in [-0.3, -0.25) is 4.57 Å². The topological polar surface area (TPSA) is 26.3 Å². The van der Waals surface area contributed by atoms with E-state index in [1.165, 1.54) is 0 Å². The molecule has 0 spiro atoms. The Morgan fingerprint density at radius 2 is 1.87 bits per heavy atom. The van der Waals surface area contributed by atoms with Crippen LogP contribution in [0.25, 0.3) is 0 Å². The molecule has 0 aliphatic heterocycles. The number of hydrogen-bond donors (Lipinski definition) is 0. The molecule has 1 rings (SSSR count).